The van der Waals surface area contributed by atoms with Crippen LogP contribution in [0.1, 0.15) is 22.9 Å². The lowest BCUT2D eigenvalue weighted by molar-refractivity contribution is 0.680. The maximum absolute atomic E-state index is 5.20. The molecule has 0 aliphatic carbocycles. The summed E-state index contributed by atoms with van der Waals surface area (Å²) in [7, 11) is 0. The minimum atomic E-state index is -0.274. The van der Waals surface area contributed by atoms with Gasteiger partial charge in [0.2, 0.25) is 0 Å². The van der Waals surface area contributed by atoms with Gasteiger partial charge in [-0.15, -0.1) is 22.7 Å². The highest BCUT2D eigenvalue weighted by Crippen LogP contribution is 2.41. The second-order valence-corrected chi connectivity index (χ2v) is 13.1. The molecular formula is C39H25N3S2. The summed E-state index contributed by atoms with van der Waals surface area (Å²) in [5.74, 6) is 1.57. The highest BCUT2D eigenvalue weighted by molar-refractivity contribution is 7.26. The number of rotatable bonds is 4. The van der Waals surface area contributed by atoms with Crippen molar-refractivity contribution in [1.82, 2.24) is 5.32 Å². The van der Waals surface area contributed by atoms with Gasteiger partial charge in [0.15, 0.2) is 5.84 Å². The maximum atomic E-state index is 5.20. The largest absolute Gasteiger partial charge is 0.344 e. The molecule has 208 valence electrons. The Morgan fingerprint density at radius 3 is 2.09 bits per heavy atom. The molecular weight excluding hydrogens is 575 g/mol. The van der Waals surface area contributed by atoms with Gasteiger partial charge < -0.3 is 5.32 Å². The highest BCUT2D eigenvalue weighted by Gasteiger charge is 2.24. The van der Waals surface area contributed by atoms with Gasteiger partial charge in [-0.2, -0.15) is 0 Å². The smallest absolute Gasteiger partial charge is 0.159 e. The normalized spacial score (nSPS) is 15.0. The van der Waals surface area contributed by atoms with Crippen molar-refractivity contribution in [3.8, 4) is 11.1 Å². The molecule has 3 nitrogen and oxygen atoms in total. The van der Waals surface area contributed by atoms with Crippen LogP contribution in [0.2, 0.25) is 0 Å². The minimum absolute atomic E-state index is 0.274. The van der Waals surface area contributed by atoms with Gasteiger partial charge in [0.25, 0.3) is 0 Å². The third kappa shape index (κ3) is 4.16. The number of benzene rings is 6. The van der Waals surface area contributed by atoms with E-state index in [-0.39, 0.29) is 6.17 Å². The Bertz CT molecular complexity index is 2420. The zero-order valence-electron chi connectivity index (χ0n) is 23.6. The van der Waals surface area contributed by atoms with Crippen LogP contribution in [0.15, 0.2) is 150 Å². The van der Waals surface area contributed by atoms with Crippen molar-refractivity contribution in [3.05, 3.63) is 156 Å². The number of fused-ring (bicyclic) bond motifs is 6. The molecule has 44 heavy (non-hydrogen) atoms. The van der Waals surface area contributed by atoms with Gasteiger partial charge in [-0.1, -0.05) is 109 Å². The van der Waals surface area contributed by atoms with E-state index in [2.05, 4.69) is 127 Å². The van der Waals surface area contributed by atoms with E-state index in [1.165, 1.54) is 51.5 Å². The molecule has 0 bridgehead atoms. The predicted octanol–water partition coefficient (Wildman–Crippen LogP) is 10.6. The summed E-state index contributed by atoms with van der Waals surface area (Å²) in [6.07, 6.45) is -0.274. The van der Waals surface area contributed by atoms with Crippen LogP contribution in [0.4, 0.5) is 0 Å². The van der Waals surface area contributed by atoms with E-state index in [0.29, 0.717) is 0 Å². The van der Waals surface area contributed by atoms with Crippen molar-refractivity contribution in [2.75, 3.05) is 0 Å². The van der Waals surface area contributed by atoms with Crippen LogP contribution in [0.3, 0.4) is 0 Å². The first-order valence-electron chi connectivity index (χ1n) is 14.7. The van der Waals surface area contributed by atoms with Crippen molar-refractivity contribution in [1.29, 1.82) is 0 Å². The second kappa shape index (κ2) is 10.3. The van der Waals surface area contributed by atoms with E-state index in [4.69, 9.17) is 9.98 Å². The fourth-order valence-electron chi connectivity index (χ4n) is 6.29. The van der Waals surface area contributed by atoms with E-state index in [1.807, 2.05) is 40.9 Å². The molecule has 8 aromatic rings. The van der Waals surface area contributed by atoms with Crippen molar-refractivity contribution in [3.63, 3.8) is 0 Å². The number of thiophene rings is 2. The van der Waals surface area contributed by atoms with Crippen molar-refractivity contribution in [2.45, 2.75) is 6.17 Å². The second-order valence-electron chi connectivity index (χ2n) is 11.0. The summed E-state index contributed by atoms with van der Waals surface area (Å²) >= 11 is 3.67. The zero-order chi connectivity index (χ0) is 29.0. The van der Waals surface area contributed by atoms with Gasteiger partial charge in [0.1, 0.15) is 12.0 Å². The topological polar surface area (TPSA) is 36.8 Å². The third-order valence-corrected chi connectivity index (χ3v) is 10.7. The van der Waals surface area contributed by atoms with Crippen LogP contribution in [-0.4, -0.2) is 11.7 Å². The van der Waals surface area contributed by atoms with E-state index < -0.39 is 0 Å². The molecule has 1 atom stereocenters. The molecule has 0 saturated carbocycles. The van der Waals surface area contributed by atoms with E-state index in [9.17, 15) is 0 Å². The van der Waals surface area contributed by atoms with Gasteiger partial charge in [-0.25, -0.2) is 9.98 Å². The Kier molecular flexibility index (Phi) is 5.93. The number of nitrogens with zero attached hydrogens (tertiary/aromatic N) is 2. The molecule has 0 amide bonds. The van der Waals surface area contributed by atoms with Gasteiger partial charge in [-0.05, 0) is 41.5 Å². The lowest BCUT2D eigenvalue weighted by atomic mass is 9.98. The molecule has 6 aromatic carbocycles. The highest BCUT2D eigenvalue weighted by atomic mass is 32.1. The average molecular weight is 600 g/mol. The molecule has 1 N–H and O–H groups in total. The average Bonchev–Trinajstić information content (AvgIpc) is 3.67. The summed E-state index contributed by atoms with van der Waals surface area (Å²) in [5.41, 5.74) is 5.71. The number of hydrogen-bond donors (Lipinski definition) is 1. The van der Waals surface area contributed by atoms with Gasteiger partial charge in [0.05, 0.1) is 0 Å². The molecule has 2 aromatic heterocycles. The molecule has 5 heteroatoms. The van der Waals surface area contributed by atoms with Crippen LogP contribution in [0.5, 0.6) is 0 Å². The summed E-state index contributed by atoms with van der Waals surface area (Å²) in [5, 5.41) is 8.84. The van der Waals surface area contributed by atoms with Crippen molar-refractivity contribution >= 4 is 74.7 Å². The van der Waals surface area contributed by atoms with Gasteiger partial charge in [0, 0.05) is 57.0 Å². The first kappa shape index (κ1) is 25.4. The third-order valence-electron chi connectivity index (χ3n) is 8.36. The molecule has 1 aliphatic rings. The fourth-order valence-corrected chi connectivity index (χ4v) is 8.64. The minimum Gasteiger partial charge on any atom is -0.344 e. The lowest BCUT2D eigenvalue weighted by Gasteiger charge is -2.24. The van der Waals surface area contributed by atoms with Crippen LogP contribution >= 0.6 is 22.7 Å². The quantitative estimate of drug-likeness (QED) is 0.215. The maximum Gasteiger partial charge on any atom is 0.159 e. The summed E-state index contributed by atoms with van der Waals surface area (Å²) in [6, 6.07) is 49.5. The number of hydrogen-bond acceptors (Lipinski definition) is 5. The monoisotopic (exact) mass is 599 g/mol. The Morgan fingerprint density at radius 2 is 1.23 bits per heavy atom. The molecule has 0 saturated heterocycles. The Hall–Kier alpha value is -5.10. The molecule has 0 spiro atoms. The van der Waals surface area contributed by atoms with Gasteiger partial charge in [-0.3, -0.25) is 0 Å². The SMILES string of the molecule is c1ccc(C2=NC(c3cccc4c3sc3ccccc34)NC(c3ccc4sc5cccc(-c6ccccc6)c5c4c3)=N2)cc1. The van der Waals surface area contributed by atoms with E-state index in [1.54, 1.807) is 0 Å². The van der Waals surface area contributed by atoms with Crippen LogP contribution in [0.25, 0.3) is 51.5 Å². The van der Waals surface area contributed by atoms with Crippen molar-refractivity contribution in [2.24, 2.45) is 9.98 Å². The molecule has 1 unspecified atom stereocenters. The van der Waals surface area contributed by atoms with E-state index in [0.717, 1.165) is 28.4 Å². The first-order chi connectivity index (χ1) is 21.8. The van der Waals surface area contributed by atoms with Crippen LogP contribution in [-0.2, 0) is 0 Å². The van der Waals surface area contributed by atoms with Crippen LogP contribution in [0, 0.1) is 0 Å². The van der Waals surface area contributed by atoms with Crippen LogP contribution < -0.4 is 5.32 Å². The van der Waals surface area contributed by atoms with Gasteiger partial charge >= 0.3 is 0 Å². The summed E-state index contributed by atoms with van der Waals surface area (Å²) in [4.78, 5) is 10.3. The Morgan fingerprint density at radius 1 is 0.523 bits per heavy atom. The summed E-state index contributed by atoms with van der Waals surface area (Å²) in [6.45, 7) is 0. The summed E-state index contributed by atoms with van der Waals surface area (Å²) < 4.78 is 5.11. The molecule has 3 heterocycles. The molecule has 1 aliphatic heterocycles. The van der Waals surface area contributed by atoms with Crippen molar-refractivity contribution < 1.29 is 0 Å². The molecule has 9 rings (SSSR count). The lowest BCUT2D eigenvalue weighted by Crippen LogP contribution is -2.33. The predicted molar refractivity (Wildman–Crippen MR) is 189 cm³/mol. The fraction of sp³-hybridized carbons (Fsp3) is 0.0256. The zero-order valence-corrected chi connectivity index (χ0v) is 25.2. The standard InChI is InChI=1S/C39H25N3S2/c1-3-11-24(12-4-1)27-16-10-20-34-35(27)31-23-26(21-22-33(31)43-34)38-40-37(25-13-5-2-6-14-25)41-39(42-38)30-18-9-17-29-28-15-7-8-19-32(28)44-36(29)30/h1-23,39H,(H,40,41,42). The molecule has 0 radical (unpaired) electrons. The number of aliphatic imine (C=N–C) groups is 2. The Labute approximate surface area is 262 Å². The molecule has 0 fully saturated rings. The first-order valence-corrected chi connectivity index (χ1v) is 16.3. The number of amidine groups is 2. The Balaban J connectivity index is 1.22. The number of nitrogens with one attached hydrogen (secondary N) is 1. The van der Waals surface area contributed by atoms with E-state index >= 15 is 0 Å².